The Bertz CT molecular complexity index is 779. The van der Waals surface area contributed by atoms with Gasteiger partial charge in [-0.1, -0.05) is 6.07 Å². The summed E-state index contributed by atoms with van der Waals surface area (Å²) < 4.78 is 26.9. The fourth-order valence-electron chi connectivity index (χ4n) is 3.87. The average Bonchev–Trinajstić information content (AvgIpc) is 3.09. The molecule has 2 bridgehead atoms. The zero-order valence-corrected chi connectivity index (χ0v) is 15.1. The van der Waals surface area contributed by atoms with E-state index in [-0.39, 0.29) is 12.6 Å². The van der Waals surface area contributed by atoms with E-state index in [0.717, 1.165) is 0 Å². The van der Waals surface area contributed by atoms with Crippen LogP contribution < -0.4 is 14.8 Å². The predicted molar refractivity (Wildman–Crippen MR) is 89.5 cm³/mol. The van der Waals surface area contributed by atoms with Crippen molar-refractivity contribution in [1.29, 1.82) is 0 Å². The average molecular weight is 379 g/mol. The SMILES string of the molecule is COC(=O)N[C@@H]1C(c2ccc3c(c2)OCO3)[C@H]2OC(C)(C)O[C@H](C2=O)[C@H]1O. The second-order valence-corrected chi connectivity index (χ2v) is 7.17. The standard InChI is InChI=1S/C18H21NO8/c1-18(2)26-15-11(8-4-5-9-10(6-8)25-7-24-9)12(19-17(22)23-3)13(20)16(27-18)14(15)21/h4-6,11-13,15-16,20H,7H2,1-3H3,(H,19,22)/t11?,12-,13+,15-,16+/m1/s1. The Morgan fingerprint density at radius 2 is 1.93 bits per heavy atom. The number of hydrogen-bond acceptors (Lipinski definition) is 8. The first-order valence-electron chi connectivity index (χ1n) is 8.62. The van der Waals surface area contributed by atoms with Crippen LogP contribution in [0.2, 0.25) is 0 Å². The minimum absolute atomic E-state index is 0.109. The number of ketones is 1. The Hall–Kier alpha value is -2.36. The number of aliphatic hydroxyl groups excluding tert-OH is 1. The van der Waals surface area contributed by atoms with Crippen LogP contribution in [-0.2, 0) is 19.0 Å². The van der Waals surface area contributed by atoms with Gasteiger partial charge in [-0.2, -0.15) is 0 Å². The molecule has 27 heavy (non-hydrogen) atoms. The number of Topliss-reactive ketones (excluding diaryl/α,β-unsaturated/α-hetero) is 1. The van der Waals surface area contributed by atoms with Gasteiger partial charge in [0.1, 0.15) is 18.3 Å². The number of methoxy groups -OCH3 is 1. The van der Waals surface area contributed by atoms with Crippen molar-refractivity contribution in [2.45, 2.75) is 49.9 Å². The van der Waals surface area contributed by atoms with Crippen LogP contribution in [0.4, 0.5) is 4.79 Å². The minimum atomic E-state index is -1.27. The molecule has 1 aromatic rings. The van der Waals surface area contributed by atoms with Crippen LogP contribution in [0.1, 0.15) is 25.3 Å². The highest BCUT2D eigenvalue weighted by molar-refractivity contribution is 5.91. The summed E-state index contributed by atoms with van der Waals surface area (Å²) in [5.74, 6) is -0.979. The fourth-order valence-corrected chi connectivity index (χ4v) is 3.87. The third kappa shape index (κ3) is 3.01. The molecule has 3 aliphatic rings. The highest BCUT2D eigenvalue weighted by atomic mass is 16.7. The second-order valence-electron chi connectivity index (χ2n) is 7.17. The maximum absolute atomic E-state index is 12.8. The number of fused-ring (bicyclic) bond motifs is 3. The molecule has 1 saturated carbocycles. The Labute approximate surface area is 155 Å². The number of carbonyl (C=O) groups excluding carboxylic acids is 2. The molecule has 2 heterocycles. The second kappa shape index (κ2) is 6.36. The lowest BCUT2D eigenvalue weighted by Crippen LogP contribution is -2.69. The third-order valence-electron chi connectivity index (χ3n) is 5.03. The highest BCUT2D eigenvalue weighted by Gasteiger charge is 2.58. The van der Waals surface area contributed by atoms with Crippen LogP contribution >= 0.6 is 0 Å². The summed E-state index contributed by atoms with van der Waals surface area (Å²) in [6, 6.07) is 4.35. The number of benzene rings is 1. The van der Waals surface area contributed by atoms with E-state index >= 15 is 0 Å². The number of alkyl carbamates (subject to hydrolysis) is 1. The van der Waals surface area contributed by atoms with E-state index in [4.69, 9.17) is 18.9 Å². The van der Waals surface area contributed by atoms with Gasteiger partial charge in [-0.25, -0.2) is 4.79 Å². The van der Waals surface area contributed by atoms with E-state index in [1.807, 2.05) is 0 Å². The maximum Gasteiger partial charge on any atom is 0.407 e. The lowest BCUT2D eigenvalue weighted by atomic mass is 9.73. The van der Waals surface area contributed by atoms with Gasteiger partial charge in [-0.3, -0.25) is 4.79 Å². The molecule has 4 rings (SSSR count). The van der Waals surface area contributed by atoms with Crippen LogP contribution in [0.15, 0.2) is 18.2 Å². The van der Waals surface area contributed by atoms with Gasteiger partial charge in [0.25, 0.3) is 0 Å². The third-order valence-corrected chi connectivity index (χ3v) is 5.03. The number of carbonyl (C=O) groups is 2. The molecular weight excluding hydrogens is 358 g/mol. The van der Waals surface area contributed by atoms with Crippen molar-refractivity contribution in [3.8, 4) is 11.5 Å². The number of hydrogen-bond donors (Lipinski definition) is 2. The Morgan fingerprint density at radius 1 is 1.22 bits per heavy atom. The van der Waals surface area contributed by atoms with Crippen molar-refractivity contribution >= 4 is 11.9 Å². The van der Waals surface area contributed by atoms with Gasteiger partial charge >= 0.3 is 6.09 Å². The van der Waals surface area contributed by atoms with Crippen LogP contribution in [0, 0.1) is 0 Å². The molecule has 0 radical (unpaired) electrons. The Balaban J connectivity index is 1.77. The molecule has 1 aromatic carbocycles. The Morgan fingerprint density at radius 3 is 2.67 bits per heavy atom. The first-order valence-corrected chi connectivity index (χ1v) is 8.62. The quantitative estimate of drug-likeness (QED) is 0.772. The number of amides is 1. The summed E-state index contributed by atoms with van der Waals surface area (Å²) in [7, 11) is 1.22. The molecule has 1 saturated heterocycles. The summed E-state index contributed by atoms with van der Waals surface area (Å²) in [6.07, 6.45) is -4.02. The van der Waals surface area contributed by atoms with Crippen LogP contribution in [-0.4, -0.2) is 61.0 Å². The van der Waals surface area contributed by atoms with Crippen molar-refractivity contribution in [1.82, 2.24) is 5.32 Å². The minimum Gasteiger partial charge on any atom is -0.454 e. The van der Waals surface area contributed by atoms with Crippen molar-refractivity contribution in [2.75, 3.05) is 13.9 Å². The monoisotopic (exact) mass is 379 g/mol. The van der Waals surface area contributed by atoms with Crippen molar-refractivity contribution in [3.63, 3.8) is 0 Å². The van der Waals surface area contributed by atoms with E-state index in [1.165, 1.54) is 7.11 Å². The number of aliphatic hydroxyl groups is 1. The van der Waals surface area contributed by atoms with Gasteiger partial charge in [0.2, 0.25) is 6.79 Å². The fraction of sp³-hybridized carbons (Fsp3) is 0.556. The van der Waals surface area contributed by atoms with Crippen LogP contribution in [0.3, 0.4) is 0 Å². The number of rotatable bonds is 2. The first kappa shape index (κ1) is 18.0. The van der Waals surface area contributed by atoms with E-state index in [2.05, 4.69) is 10.1 Å². The topological polar surface area (TPSA) is 113 Å². The number of ether oxygens (including phenoxy) is 5. The van der Waals surface area contributed by atoms with E-state index in [0.29, 0.717) is 17.1 Å². The molecule has 2 fully saturated rings. The molecule has 1 amide bonds. The Kier molecular flexibility index (Phi) is 4.25. The van der Waals surface area contributed by atoms with Crippen molar-refractivity contribution in [2.24, 2.45) is 0 Å². The smallest absolute Gasteiger partial charge is 0.407 e. The molecule has 1 unspecified atom stereocenters. The van der Waals surface area contributed by atoms with Crippen molar-refractivity contribution < 1.29 is 38.4 Å². The van der Waals surface area contributed by atoms with Gasteiger partial charge in [-0.15, -0.1) is 0 Å². The number of nitrogens with one attached hydrogen (secondary N) is 1. The van der Waals surface area contributed by atoms with Gasteiger partial charge < -0.3 is 34.1 Å². The summed E-state index contributed by atoms with van der Waals surface area (Å²) in [6.45, 7) is 3.46. The molecule has 5 atom stereocenters. The maximum atomic E-state index is 12.8. The van der Waals surface area contributed by atoms with E-state index in [9.17, 15) is 14.7 Å². The molecule has 2 N–H and O–H groups in total. The van der Waals surface area contributed by atoms with E-state index in [1.54, 1.807) is 32.0 Å². The molecule has 146 valence electrons. The summed E-state index contributed by atoms with van der Waals surface area (Å²) in [4.78, 5) is 24.7. The van der Waals surface area contributed by atoms with Crippen LogP contribution in [0.5, 0.6) is 11.5 Å². The first-order chi connectivity index (χ1) is 12.8. The van der Waals surface area contributed by atoms with Gasteiger partial charge in [0.05, 0.1) is 13.2 Å². The molecule has 0 aromatic heterocycles. The van der Waals surface area contributed by atoms with Crippen molar-refractivity contribution in [3.05, 3.63) is 23.8 Å². The van der Waals surface area contributed by atoms with Crippen LogP contribution in [0.25, 0.3) is 0 Å². The highest BCUT2D eigenvalue weighted by Crippen LogP contribution is 2.44. The van der Waals surface area contributed by atoms with Gasteiger partial charge in [0.15, 0.2) is 23.1 Å². The largest absolute Gasteiger partial charge is 0.454 e. The molecule has 0 spiro atoms. The molecule has 1 aliphatic carbocycles. The summed E-state index contributed by atoms with van der Waals surface area (Å²) >= 11 is 0. The summed E-state index contributed by atoms with van der Waals surface area (Å²) in [5, 5.41) is 13.4. The van der Waals surface area contributed by atoms with E-state index < -0.39 is 42.2 Å². The molecule has 2 aliphatic heterocycles. The molecule has 9 nitrogen and oxygen atoms in total. The van der Waals surface area contributed by atoms with Gasteiger partial charge in [-0.05, 0) is 31.5 Å². The summed E-state index contributed by atoms with van der Waals surface area (Å²) in [5.41, 5.74) is 0.661. The zero-order valence-electron chi connectivity index (χ0n) is 15.1. The molecular formula is C18H21NO8. The van der Waals surface area contributed by atoms with Gasteiger partial charge in [0, 0.05) is 5.92 Å². The zero-order chi connectivity index (χ0) is 19.3. The normalized spacial score (nSPS) is 33.5. The molecule has 9 heteroatoms. The lowest BCUT2D eigenvalue weighted by Gasteiger charge is -2.51. The lowest BCUT2D eigenvalue weighted by molar-refractivity contribution is -0.308. The predicted octanol–water partition coefficient (Wildman–Crippen LogP) is 0.687.